The van der Waals surface area contributed by atoms with Gasteiger partial charge in [-0.05, 0) is 13.8 Å². The summed E-state index contributed by atoms with van der Waals surface area (Å²) in [4.78, 5) is 37.7. The minimum Gasteiger partial charge on any atom is -0.550 e. The van der Waals surface area contributed by atoms with E-state index in [-0.39, 0.29) is 60.8 Å². The molecule has 0 unspecified atom stereocenters. The Balaban J connectivity index is -0.0000000923. The molecule has 18 nitrogen and oxygen atoms in total. The molecule has 10 N–H and O–H groups in total. The summed E-state index contributed by atoms with van der Waals surface area (Å²) >= 11 is 0. The standard InChI is InChI=1S/2C6H12O7.2C2H4O2.Ca.Mg/c2*7-1-2(8)3(9)4(10)5(11)6(12)13;2*1-2(3)4;;/h2*2-5,7-11H,1H2,(H,12,13);2*1H3,(H,3,4);;/q;;;;2*+2/p-4/t2*2-,3-,4+,5-;;;;/m11..../s1. The van der Waals surface area contributed by atoms with Gasteiger partial charge in [-0.15, -0.1) is 0 Å². The van der Waals surface area contributed by atoms with Crippen LogP contribution in [-0.2, 0) is 19.2 Å². The van der Waals surface area contributed by atoms with Crippen LogP contribution in [0, 0.1) is 0 Å². The van der Waals surface area contributed by atoms with Crippen LogP contribution >= 0.6 is 0 Å². The first-order valence-corrected chi connectivity index (χ1v) is 8.72. The molecular formula is C16H28CaMgO18. The summed E-state index contributed by atoms with van der Waals surface area (Å²) in [6.45, 7) is 0.218. The maximum atomic E-state index is 9.98. The molecule has 0 bridgehead atoms. The topological polar surface area (TPSA) is 363 Å². The van der Waals surface area contributed by atoms with Gasteiger partial charge in [0.2, 0.25) is 0 Å². The zero-order chi connectivity index (χ0) is 28.3. The summed E-state index contributed by atoms with van der Waals surface area (Å²) in [5.74, 6) is -6.12. The molecule has 0 saturated heterocycles. The molecule has 0 rings (SSSR count). The molecule has 0 fully saturated rings. The number of aliphatic carboxylic acids is 4. The molecule has 0 spiro atoms. The van der Waals surface area contributed by atoms with Gasteiger partial charge in [-0.1, -0.05) is 0 Å². The van der Waals surface area contributed by atoms with Gasteiger partial charge >= 0.3 is 60.8 Å². The number of hydrogen-bond acceptors (Lipinski definition) is 18. The van der Waals surface area contributed by atoms with Crippen LogP contribution in [0.3, 0.4) is 0 Å². The molecule has 0 aromatic carbocycles. The molecule has 0 saturated carbocycles. The third kappa shape index (κ3) is 28.1. The van der Waals surface area contributed by atoms with Crippen molar-refractivity contribution >= 4 is 84.7 Å². The maximum Gasteiger partial charge on any atom is 2.00 e. The average Bonchev–Trinajstić information content (AvgIpc) is 2.74. The van der Waals surface area contributed by atoms with Crippen molar-refractivity contribution in [3.8, 4) is 0 Å². The van der Waals surface area contributed by atoms with Gasteiger partial charge in [0.1, 0.15) is 48.8 Å². The second-order valence-corrected chi connectivity index (χ2v) is 5.97. The number of carbonyl (C=O) groups excluding carboxylic acids is 4. The fraction of sp³-hybridized carbons (Fsp3) is 0.750. The van der Waals surface area contributed by atoms with Crippen LogP contribution in [0.2, 0.25) is 0 Å². The zero-order valence-electron chi connectivity index (χ0n) is 19.2. The number of hydrogen-bond donors (Lipinski definition) is 10. The van der Waals surface area contributed by atoms with Crippen molar-refractivity contribution in [3.63, 3.8) is 0 Å². The van der Waals surface area contributed by atoms with Gasteiger partial charge in [-0.3, -0.25) is 0 Å². The Hall–Kier alpha value is -0.494. The molecule has 0 aliphatic carbocycles. The molecule has 0 aromatic heterocycles. The van der Waals surface area contributed by atoms with E-state index in [1.54, 1.807) is 0 Å². The van der Waals surface area contributed by atoms with Crippen LogP contribution in [-0.4, -0.2) is 198 Å². The van der Waals surface area contributed by atoms with Crippen molar-refractivity contribution in [2.24, 2.45) is 0 Å². The molecule has 204 valence electrons. The summed E-state index contributed by atoms with van der Waals surface area (Å²) < 4.78 is 0. The van der Waals surface area contributed by atoms with Crippen molar-refractivity contribution in [1.29, 1.82) is 0 Å². The number of carboxylic acid groups (broad SMARTS) is 4. The van der Waals surface area contributed by atoms with Crippen LogP contribution in [0.25, 0.3) is 0 Å². The van der Waals surface area contributed by atoms with Crippen LogP contribution < -0.4 is 20.4 Å². The van der Waals surface area contributed by atoms with Gasteiger partial charge in [0.15, 0.2) is 0 Å². The molecule has 0 amide bonds. The minimum absolute atomic E-state index is 0. The Morgan fingerprint density at radius 3 is 0.833 bits per heavy atom. The van der Waals surface area contributed by atoms with Crippen LogP contribution in [0.5, 0.6) is 0 Å². The number of carboxylic acids is 4. The van der Waals surface area contributed by atoms with E-state index in [0.717, 1.165) is 13.8 Å². The van der Waals surface area contributed by atoms with Gasteiger partial charge in [-0.25, -0.2) is 0 Å². The van der Waals surface area contributed by atoms with E-state index in [1.807, 2.05) is 0 Å². The van der Waals surface area contributed by atoms with Crippen molar-refractivity contribution in [1.82, 2.24) is 0 Å². The molecular weight excluding hydrogens is 545 g/mol. The van der Waals surface area contributed by atoms with E-state index in [2.05, 4.69) is 0 Å². The van der Waals surface area contributed by atoms with E-state index >= 15 is 0 Å². The Morgan fingerprint density at radius 1 is 0.556 bits per heavy atom. The molecule has 0 radical (unpaired) electrons. The fourth-order valence-corrected chi connectivity index (χ4v) is 1.32. The van der Waals surface area contributed by atoms with Crippen molar-refractivity contribution in [2.45, 2.75) is 62.7 Å². The molecule has 0 aliphatic rings. The molecule has 36 heavy (non-hydrogen) atoms. The van der Waals surface area contributed by atoms with Crippen LogP contribution in [0.1, 0.15) is 13.8 Å². The fourth-order valence-electron chi connectivity index (χ4n) is 1.32. The van der Waals surface area contributed by atoms with Gasteiger partial charge in [0.05, 0.1) is 25.2 Å². The Labute approximate surface area is 249 Å². The minimum atomic E-state index is -2.31. The number of rotatable bonds is 10. The van der Waals surface area contributed by atoms with E-state index in [4.69, 9.17) is 70.9 Å². The maximum absolute atomic E-state index is 9.98. The van der Waals surface area contributed by atoms with Crippen LogP contribution in [0.15, 0.2) is 0 Å². The smallest absolute Gasteiger partial charge is 0.550 e. The summed E-state index contributed by atoms with van der Waals surface area (Å²) in [6.07, 6.45) is -16.2. The predicted octanol–water partition coefficient (Wildman–Crippen LogP) is -12.9. The van der Waals surface area contributed by atoms with Crippen molar-refractivity contribution < 1.29 is 90.7 Å². The summed E-state index contributed by atoms with van der Waals surface area (Å²) in [7, 11) is 0. The van der Waals surface area contributed by atoms with Gasteiger partial charge in [-0.2, -0.15) is 0 Å². The van der Waals surface area contributed by atoms with Gasteiger partial charge in [0.25, 0.3) is 0 Å². The summed E-state index contributed by atoms with van der Waals surface area (Å²) in [6, 6.07) is 0. The molecule has 0 aromatic rings. The van der Waals surface area contributed by atoms with Crippen molar-refractivity contribution in [2.75, 3.05) is 13.2 Å². The summed E-state index contributed by atoms with van der Waals surface area (Å²) in [5, 5.41) is 125. The van der Waals surface area contributed by atoms with E-state index in [9.17, 15) is 19.8 Å². The molecule has 0 aliphatic heterocycles. The van der Waals surface area contributed by atoms with Crippen LogP contribution in [0.4, 0.5) is 0 Å². The SMILES string of the molecule is CC(=O)[O-].CC(=O)[O-].O=C([O-])[C@H](O)[C@@H](O)[C@H](O)[C@H](O)CO.O=C([O-])[C@H](O)[C@@H](O)[C@H](O)[C@H](O)CO.[Ca+2].[Mg+2]. The molecule has 8 atom stereocenters. The first-order valence-electron chi connectivity index (χ1n) is 8.72. The number of aliphatic hydroxyl groups is 10. The monoisotopic (exact) mass is 572 g/mol. The Morgan fingerprint density at radius 2 is 0.722 bits per heavy atom. The quantitative estimate of drug-likeness (QED) is 0.108. The molecule has 0 heterocycles. The number of carbonyl (C=O) groups is 4. The second-order valence-electron chi connectivity index (χ2n) is 5.97. The van der Waals surface area contributed by atoms with E-state index in [1.165, 1.54) is 0 Å². The Bertz CT molecular complexity index is 537. The predicted molar refractivity (Wildman–Crippen MR) is 105 cm³/mol. The van der Waals surface area contributed by atoms with Gasteiger partial charge < -0.3 is 90.7 Å². The average molecular weight is 573 g/mol. The first-order chi connectivity index (χ1) is 15.3. The summed E-state index contributed by atoms with van der Waals surface area (Å²) in [5.41, 5.74) is 0. The van der Waals surface area contributed by atoms with Crippen molar-refractivity contribution in [3.05, 3.63) is 0 Å². The number of aliphatic hydroxyl groups excluding tert-OH is 10. The third-order valence-corrected chi connectivity index (χ3v) is 2.99. The van der Waals surface area contributed by atoms with E-state index < -0.39 is 85.9 Å². The second kappa shape index (κ2) is 27.5. The first kappa shape index (κ1) is 48.6. The Kier molecular flexibility index (Phi) is 37.1. The third-order valence-electron chi connectivity index (χ3n) is 2.99. The zero-order valence-corrected chi connectivity index (χ0v) is 22.8. The normalized spacial score (nSPS) is 16.1. The van der Waals surface area contributed by atoms with E-state index in [0.29, 0.717) is 0 Å². The van der Waals surface area contributed by atoms with Gasteiger partial charge in [0, 0.05) is 11.9 Å². The molecule has 20 heteroatoms. The largest absolute Gasteiger partial charge is 2.00 e.